The van der Waals surface area contributed by atoms with Crippen molar-refractivity contribution in [1.29, 1.82) is 0 Å². The van der Waals surface area contributed by atoms with E-state index in [2.05, 4.69) is 9.88 Å². The van der Waals surface area contributed by atoms with Gasteiger partial charge in [-0.2, -0.15) is 0 Å². The van der Waals surface area contributed by atoms with Crippen LogP contribution in [0.25, 0.3) is 0 Å². The highest BCUT2D eigenvalue weighted by Crippen LogP contribution is 2.23. The van der Waals surface area contributed by atoms with Crippen LogP contribution in [0.5, 0.6) is 0 Å². The molecule has 0 saturated carbocycles. The van der Waals surface area contributed by atoms with Crippen molar-refractivity contribution in [3.05, 3.63) is 36.4 Å². The fourth-order valence-corrected chi connectivity index (χ4v) is 1.99. The SMILES string of the molecule is C1=COC(CCN2COCc3cccnc32)O1. The topological polar surface area (TPSA) is 43.8 Å². The second kappa shape index (κ2) is 4.63. The number of hydrogen-bond donors (Lipinski definition) is 0. The van der Waals surface area contributed by atoms with Crippen molar-refractivity contribution < 1.29 is 14.2 Å². The van der Waals surface area contributed by atoms with Gasteiger partial charge in [0, 0.05) is 24.7 Å². The van der Waals surface area contributed by atoms with E-state index in [-0.39, 0.29) is 6.29 Å². The summed E-state index contributed by atoms with van der Waals surface area (Å²) in [6.07, 6.45) is 5.56. The largest absolute Gasteiger partial charge is 0.459 e. The molecule has 0 atom stereocenters. The molecule has 5 heteroatoms. The Morgan fingerprint density at radius 1 is 1.35 bits per heavy atom. The molecule has 0 bridgehead atoms. The van der Waals surface area contributed by atoms with Gasteiger partial charge in [-0.3, -0.25) is 0 Å². The molecular weight excluding hydrogens is 220 g/mol. The highest BCUT2D eigenvalue weighted by atomic mass is 16.7. The highest BCUT2D eigenvalue weighted by molar-refractivity contribution is 5.47. The van der Waals surface area contributed by atoms with Crippen LogP contribution in [-0.2, 0) is 20.8 Å². The second-order valence-corrected chi connectivity index (χ2v) is 3.99. The summed E-state index contributed by atoms with van der Waals surface area (Å²) in [5, 5.41) is 0. The monoisotopic (exact) mass is 234 g/mol. The summed E-state index contributed by atoms with van der Waals surface area (Å²) in [5.74, 6) is 1.00. The standard InChI is InChI=1S/C12H14N2O3/c1-2-10-8-15-9-14(12(10)13-4-1)5-3-11-16-6-7-17-11/h1-2,4,6-7,11H,3,5,8-9H2. The first-order valence-corrected chi connectivity index (χ1v) is 5.66. The minimum atomic E-state index is -0.177. The van der Waals surface area contributed by atoms with Gasteiger partial charge in [-0.05, 0) is 6.07 Å². The first kappa shape index (κ1) is 10.4. The van der Waals surface area contributed by atoms with Crippen molar-refractivity contribution in [2.45, 2.75) is 19.3 Å². The molecule has 0 fully saturated rings. The van der Waals surface area contributed by atoms with E-state index in [0.717, 1.165) is 24.3 Å². The zero-order valence-corrected chi connectivity index (χ0v) is 9.41. The van der Waals surface area contributed by atoms with E-state index in [4.69, 9.17) is 14.2 Å². The van der Waals surface area contributed by atoms with Gasteiger partial charge < -0.3 is 19.1 Å². The van der Waals surface area contributed by atoms with Crippen molar-refractivity contribution in [2.75, 3.05) is 18.2 Å². The summed E-state index contributed by atoms with van der Waals surface area (Å²) in [6, 6.07) is 3.97. The van der Waals surface area contributed by atoms with E-state index in [1.54, 1.807) is 18.7 Å². The zero-order valence-electron chi connectivity index (χ0n) is 9.41. The van der Waals surface area contributed by atoms with Gasteiger partial charge in [-0.15, -0.1) is 0 Å². The summed E-state index contributed by atoms with van der Waals surface area (Å²) in [5.41, 5.74) is 1.13. The minimum absolute atomic E-state index is 0.177. The molecule has 0 amide bonds. The molecule has 0 saturated heterocycles. The van der Waals surface area contributed by atoms with E-state index in [1.807, 2.05) is 12.1 Å². The maximum Gasteiger partial charge on any atom is 0.241 e. The molecule has 1 aromatic rings. The average molecular weight is 234 g/mol. The van der Waals surface area contributed by atoms with Gasteiger partial charge in [0.15, 0.2) is 0 Å². The summed E-state index contributed by atoms with van der Waals surface area (Å²) >= 11 is 0. The molecule has 3 rings (SSSR count). The first-order chi connectivity index (χ1) is 8.43. The molecule has 3 heterocycles. The summed E-state index contributed by atoms with van der Waals surface area (Å²) in [6.45, 7) is 2.01. The molecule has 0 aliphatic carbocycles. The van der Waals surface area contributed by atoms with Crippen LogP contribution in [0.1, 0.15) is 12.0 Å². The lowest BCUT2D eigenvalue weighted by atomic mass is 10.2. The molecule has 0 N–H and O–H groups in total. The Bertz CT molecular complexity index is 414. The number of nitrogens with zero attached hydrogens (tertiary/aromatic N) is 2. The Balaban J connectivity index is 1.64. The molecule has 90 valence electrons. The van der Waals surface area contributed by atoms with E-state index < -0.39 is 0 Å². The van der Waals surface area contributed by atoms with E-state index in [0.29, 0.717) is 13.3 Å². The third-order valence-electron chi connectivity index (χ3n) is 2.82. The predicted molar refractivity (Wildman–Crippen MR) is 61.0 cm³/mol. The molecule has 0 spiro atoms. The third-order valence-corrected chi connectivity index (χ3v) is 2.82. The number of aromatic nitrogens is 1. The van der Waals surface area contributed by atoms with E-state index >= 15 is 0 Å². The van der Waals surface area contributed by atoms with Crippen LogP contribution in [0.2, 0.25) is 0 Å². The Morgan fingerprint density at radius 2 is 2.24 bits per heavy atom. The Hall–Kier alpha value is -1.75. The quantitative estimate of drug-likeness (QED) is 0.795. The van der Waals surface area contributed by atoms with Crippen LogP contribution in [0, 0.1) is 0 Å². The normalized spacial score (nSPS) is 18.7. The maximum absolute atomic E-state index is 5.51. The number of rotatable bonds is 3. The molecule has 0 aromatic carbocycles. The van der Waals surface area contributed by atoms with Crippen molar-refractivity contribution in [3.8, 4) is 0 Å². The third kappa shape index (κ3) is 2.19. The molecular formula is C12H14N2O3. The minimum Gasteiger partial charge on any atom is -0.459 e. The summed E-state index contributed by atoms with van der Waals surface area (Å²) in [4.78, 5) is 6.50. The van der Waals surface area contributed by atoms with Crippen molar-refractivity contribution in [3.63, 3.8) is 0 Å². The lowest BCUT2D eigenvalue weighted by Gasteiger charge is -2.30. The number of fused-ring (bicyclic) bond motifs is 1. The average Bonchev–Trinajstić information content (AvgIpc) is 2.89. The number of ether oxygens (including phenoxy) is 3. The van der Waals surface area contributed by atoms with Gasteiger partial charge in [0.25, 0.3) is 0 Å². The Kier molecular flexibility index (Phi) is 2.83. The highest BCUT2D eigenvalue weighted by Gasteiger charge is 2.20. The molecule has 0 unspecified atom stereocenters. The van der Waals surface area contributed by atoms with Gasteiger partial charge in [0.05, 0.1) is 6.61 Å². The van der Waals surface area contributed by atoms with Crippen LogP contribution in [0.15, 0.2) is 30.9 Å². The molecule has 5 nitrogen and oxygen atoms in total. The number of anilines is 1. The van der Waals surface area contributed by atoms with Gasteiger partial charge >= 0.3 is 0 Å². The van der Waals surface area contributed by atoms with Crippen LogP contribution in [0.3, 0.4) is 0 Å². The van der Waals surface area contributed by atoms with Gasteiger partial charge in [-0.1, -0.05) is 6.07 Å². The fraction of sp³-hybridized carbons (Fsp3) is 0.417. The van der Waals surface area contributed by atoms with Crippen LogP contribution < -0.4 is 4.90 Å². The van der Waals surface area contributed by atoms with Crippen molar-refractivity contribution in [1.82, 2.24) is 4.98 Å². The molecule has 2 aliphatic rings. The van der Waals surface area contributed by atoms with Gasteiger partial charge in [-0.25, -0.2) is 4.98 Å². The lowest BCUT2D eigenvalue weighted by Crippen LogP contribution is -2.34. The molecule has 1 aromatic heterocycles. The van der Waals surface area contributed by atoms with Crippen LogP contribution in [0.4, 0.5) is 5.82 Å². The first-order valence-electron chi connectivity index (χ1n) is 5.66. The number of hydrogen-bond acceptors (Lipinski definition) is 5. The molecule has 17 heavy (non-hydrogen) atoms. The van der Waals surface area contributed by atoms with Gasteiger partial charge in [0.1, 0.15) is 25.1 Å². The predicted octanol–water partition coefficient (Wildman–Crippen LogP) is 1.61. The van der Waals surface area contributed by atoms with E-state index in [1.165, 1.54) is 0 Å². The smallest absolute Gasteiger partial charge is 0.241 e. The zero-order chi connectivity index (χ0) is 11.5. The van der Waals surface area contributed by atoms with Gasteiger partial charge in [0.2, 0.25) is 6.29 Å². The van der Waals surface area contributed by atoms with Crippen molar-refractivity contribution in [2.24, 2.45) is 0 Å². The summed E-state index contributed by atoms with van der Waals surface area (Å²) < 4.78 is 16.0. The molecule has 2 aliphatic heterocycles. The van der Waals surface area contributed by atoms with Crippen molar-refractivity contribution >= 4 is 5.82 Å². The second-order valence-electron chi connectivity index (χ2n) is 3.99. The molecule has 0 radical (unpaired) electrons. The Morgan fingerprint density at radius 3 is 3.12 bits per heavy atom. The lowest BCUT2D eigenvalue weighted by molar-refractivity contribution is -0.0275. The van der Waals surface area contributed by atoms with Crippen LogP contribution in [-0.4, -0.2) is 24.5 Å². The van der Waals surface area contributed by atoms with E-state index in [9.17, 15) is 0 Å². The Labute approximate surface area is 99.6 Å². The van der Waals surface area contributed by atoms with Crippen LogP contribution >= 0.6 is 0 Å². The fourth-order valence-electron chi connectivity index (χ4n) is 1.99. The number of pyridine rings is 1. The maximum atomic E-state index is 5.51. The summed E-state index contributed by atoms with van der Waals surface area (Å²) in [7, 11) is 0.